The molecule has 16 heavy (non-hydrogen) atoms. The molecule has 0 aliphatic heterocycles. The van der Waals surface area contributed by atoms with Crippen molar-refractivity contribution in [2.45, 2.75) is 5.75 Å². The van der Waals surface area contributed by atoms with Crippen LogP contribution in [0.5, 0.6) is 6.01 Å². The number of hydrogen-bond donors (Lipinski definition) is 1. The molecule has 0 aliphatic rings. The maximum absolute atomic E-state index is 5.49. The maximum atomic E-state index is 5.49. The Labute approximate surface area is 97.8 Å². The lowest BCUT2D eigenvalue weighted by atomic mass is 10.2. The largest absolute Gasteiger partial charge is 0.466 e. The Morgan fingerprint density at radius 2 is 2.12 bits per heavy atom. The van der Waals surface area contributed by atoms with Crippen molar-refractivity contribution in [1.82, 2.24) is 14.2 Å². The van der Waals surface area contributed by atoms with Crippen LogP contribution in [0.4, 0.5) is 5.95 Å². The first kappa shape index (κ1) is 10.8. The number of rotatable bonds is 4. The highest BCUT2D eigenvalue weighted by Crippen LogP contribution is 2.20. The first-order valence-electron chi connectivity index (χ1n) is 4.73. The van der Waals surface area contributed by atoms with E-state index in [9.17, 15) is 0 Å². The Balaban J connectivity index is 2.04. The summed E-state index contributed by atoms with van der Waals surface area (Å²) in [6, 6.07) is 10.5. The Bertz CT molecular complexity index is 457. The molecule has 2 aromatic rings. The number of ether oxygens (including phenoxy) is 1. The molecule has 2 N–H and O–H groups in total. The number of methoxy groups -OCH3 is 1. The van der Waals surface area contributed by atoms with E-state index in [0.717, 1.165) is 5.75 Å². The van der Waals surface area contributed by atoms with Crippen LogP contribution in [-0.2, 0) is 5.75 Å². The number of nitrogens with zero attached hydrogens (tertiary/aromatic N) is 3. The summed E-state index contributed by atoms with van der Waals surface area (Å²) in [5, 5.41) is 4.02. The van der Waals surface area contributed by atoms with Crippen LogP contribution in [0.2, 0.25) is 0 Å². The van der Waals surface area contributed by atoms with Crippen LogP contribution in [-0.4, -0.2) is 21.3 Å². The fraction of sp³-hybridized carbons (Fsp3) is 0.200. The van der Waals surface area contributed by atoms with E-state index < -0.39 is 0 Å². The fourth-order valence-electron chi connectivity index (χ4n) is 1.22. The summed E-state index contributed by atoms with van der Waals surface area (Å²) < 4.78 is 6.63. The molecule has 1 aromatic heterocycles. The van der Waals surface area contributed by atoms with Gasteiger partial charge < -0.3 is 10.5 Å². The zero-order valence-electron chi connectivity index (χ0n) is 8.83. The second-order valence-electron chi connectivity index (χ2n) is 3.09. The van der Waals surface area contributed by atoms with Crippen LogP contribution in [0.25, 0.3) is 0 Å². The van der Waals surface area contributed by atoms with Crippen molar-refractivity contribution in [3.8, 4) is 6.01 Å². The average molecular weight is 236 g/mol. The van der Waals surface area contributed by atoms with Gasteiger partial charge in [-0.3, -0.25) is 0 Å². The molecule has 0 atom stereocenters. The van der Waals surface area contributed by atoms with E-state index in [-0.39, 0.29) is 5.95 Å². The summed E-state index contributed by atoms with van der Waals surface area (Å²) in [4.78, 5) is 3.93. The van der Waals surface area contributed by atoms with Crippen molar-refractivity contribution in [2.24, 2.45) is 0 Å². The molecule has 0 saturated carbocycles. The van der Waals surface area contributed by atoms with Gasteiger partial charge in [0.05, 0.1) is 7.11 Å². The molecule has 1 aromatic carbocycles. The van der Waals surface area contributed by atoms with Crippen LogP contribution in [0, 0.1) is 0 Å². The van der Waals surface area contributed by atoms with Gasteiger partial charge in [-0.1, -0.05) is 30.3 Å². The molecule has 5 nitrogen and oxygen atoms in total. The van der Waals surface area contributed by atoms with Crippen LogP contribution < -0.4 is 10.5 Å². The molecule has 0 amide bonds. The second-order valence-corrected chi connectivity index (χ2v) is 3.98. The fourth-order valence-corrected chi connectivity index (χ4v) is 2.05. The third-order valence-corrected chi connectivity index (χ3v) is 2.89. The van der Waals surface area contributed by atoms with Gasteiger partial charge in [-0.05, 0) is 17.5 Å². The smallest absolute Gasteiger partial charge is 0.327 e. The van der Waals surface area contributed by atoms with Gasteiger partial charge in [0.2, 0.25) is 5.95 Å². The monoisotopic (exact) mass is 236 g/mol. The number of benzene rings is 1. The van der Waals surface area contributed by atoms with E-state index in [1.165, 1.54) is 17.5 Å². The highest BCUT2D eigenvalue weighted by atomic mass is 32.2. The van der Waals surface area contributed by atoms with Gasteiger partial charge in [-0.2, -0.15) is 9.07 Å². The summed E-state index contributed by atoms with van der Waals surface area (Å²) in [6.07, 6.45) is 0. The molecule has 0 bridgehead atoms. The molecular weight excluding hydrogens is 224 g/mol. The minimum absolute atomic E-state index is 0.220. The highest BCUT2D eigenvalue weighted by Gasteiger charge is 2.08. The second kappa shape index (κ2) is 4.89. The van der Waals surface area contributed by atoms with Crippen molar-refractivity contribution in [3.63, 3.8) is 0 Å². The quantitative estimate of drug-likeness (QED) is 0.872. The summed E-state index contributed by atoms with van der Waals surface area (Å²) in [6.45, 7) is 0. The molecule has 0 unspecified atom stereocenters. The summed E-state index contributed by atoms with van der Waals surface area (Å²) in [5.74, 6) is 1.01. The molecule has 0 aliphatic carbocycles. The molecule has 84 valence electrons. The molecule has 0 fully saturated rings. The van der Waals surface area contributed by atoms with Gasteiger partial charge in [0.1, 0.15) is 0 Å². The molecule has 2 rings (SSSR count). The minimum atomic E-state index is 0.220. The predicted molar refractivity (Wildman–Crippen MR) is 64.1 cm³/mol. The zero-order chi connectivity index (χ0) is 11.4. The van der Waals surface area contributed by atoms with E-state index in [2.05, 4.69) is 22.2 Å². The molecule has 0 spiro atoms. The van der Waals surface area contributed by atoms with E-state index in [1.54, 1.807) is 11.2 Å². The van der Waals surface area contributed by atoms with Crippen molar-refractivity contribution in [1.29, 1.82) is 0 Å². The number of aromatic nitrogens is 3. The number of nitrogen functional groups attached to an aromatic ring is 1. The van der Waals surface area contributed by atoms with Crippen LogP contribution in [0.15, 0.2) is 30.3 Å². The van der Waals surface area contributed by atoms with Crippen molar-refractivity contribution in [2.75, 3.05) is 12.8 Å². The lowest BCUT2D eigenvalue weighted by Gasteiger charge is -2.02. The summed E-state index contributed by atoms with van der Waals surface area (Å²) >= 11 is 1.48. The summed E-state index contributed by atoms with van der Waals surface area (Å²) in [5.41, 5.74) is 6.70. The lowest BCUT2D eigenvalue weighted by Crippen LogP contribution is -1.96. The van der Waals surface area contributed by atoms with Crippen LogP contribution in [0.1, 0.15) is 5.56 Å². The van der Waals surface area contributed by atoms with E-state index in [0.29, 0.717) is 6.01 Å². The van der Waals surface area contributed by atoms with Gasteiger partial charge in [0, 0.05) is 5.75 Å². The van der Waals surface area contributed by atoms with E-state index in [4.69, 9.17) is 10.5 Å². The Kier molecular flexibility index (Phi) is 3.31. The SMILES string of the molecule is COc1nc(N)nn1SCc1ccccc1. The molecular formula is C10H12N4OS. The van der Waals surface area contributed by atoms with Crippen molar-refractivity contribution < 1.29 is 4.74 Å². The zero-order valence-corrected chi connectivity index (χ0v) is 9.65. The topological polar surface area (TPSA) is 66.0 Å². The van der Waals surface area contributed by atoms with Crippen molar-refractivity contribution in [3.05, 3.63) is 35.9 Å². The standard InChI is InChI=1S/C10H12N4OS/c1-15-10-12-9(11)13-14(10)16-7-8-5-3-2-4-6-8/h2-6H,7H2,1H3,(H2,11,13). The molecule has 6 heteroatoms. The summed E-state index contributed by atoms with van der Waals surface area (Å²) in [7, 11) is 1.54. The van der Waals surface area contributed by atoms with E-state index in [1.807, 2.05) is 18.2 Å². The third kappa shape index (κ3) is 2.46. The van der Waals surface area contributed by atoms with E-state index >= 15 is 0 Å². The Hall–Kier alpha value is -1.69. The lowest BCUT2D eigenvalue weighted by molar-refractivity contribution is 0.377. The van der Waals surface area contributed by atoms with Gasteiger partial charge in [0.15, 0.2) is 0 Å². The predicted octanol–water partition coefficient (Wildman–Crippen LogP) is 1.57. The number of anilines is 1. The number of nitrogens with two attached hydrogens (primary N) is 1. The molecule has 0 saturated heterocycles. The Morgan fingerprint density at radius 1 is 1.38 bits per heavy atom. The van der Waals surface area contributed by atoms with Crippen molar-refractivity contribution >= 4 is 17.9 Å². The first-order chi connectivity index (χ1) is 7.79. The molecule has 1 heterocycles. The average Bonchev–Trinajstić information content (AvgIpc) is 2.68. The Morgan fingerprint density at radius 3 is 2.81 bits per heavy atom. The highest BCUT2D eigenvalue weighted by molar-refractivity contribution is 7.97. The first-order valence-corrected chi connectivity index (χ1v) is 5.67. The normalized spacial score (nSPS) is 10.3. The minimum Gasteiger partial charge on any atom is -0.466 e. The van der Waals surface area contributed by atoms with Gasteiger partial charge in [-0.25, -0.2) is 0 Å². The van der Waals surface area contributed by atoms with Crippen LogP contribution in [0.3, 0.4) is 0 Å². The van der Waals surface area contributed by atoms with Crippen LogP contribution >= 0.6 is 11.9 Å². The van der Waals surface area contributed by atoms with Gasteiger partial charge in [0.25, 0.3) is 0 Å². The third-order valence-electron chi connectivity index (χ3n) is 1.95. The van der Waals surface area contributed by atoms with Gasteiger partial charge >= 0.3 is 6.01 Å². The molecule has 0 radical (unpaired) electrons. The maximum Gasteiger partial charge on any atom is 0.327 e. The van der Waals surface area contributed by atoms with Gasteiger partial charge in [-0.15, -0.1) is 5.10 Å². The number of hydrogen-bond acceptors (Lipinski definition) is 5.